The molecule has 21 heavy (non-hydrogen) atoms. The Morgan fingerprint density at radius 1 is 1.38 bits per heavy atom. The molecule has 0 radical (unpaired) electrons. The fraction of sp³-hybridized carbons (Fsp3) is 0.588. The summed E-state index contributed by atoms with van der Waals surface area (Å²) in [5, 5.41) is -0.0652. The van der Waals surface area contributed by atoms with Crippen LogP contribution >= 0.6 is 11.6 Å². The summed E-state index contributed by atoms with van der Waals surface area (Å²) in [4.78, 5) is 7.23. The molecule has 0 aliphatic carbocycles. The van der Waals surface area contributed by atoms with E-state index in [-0.39, 0.29) is 5.38 Å². The number of halogens is 1. The first-order valence-electron chi connectivity index (χ1n) is 7.78. The number of fused-ring (bicyclic) bond motifs is 1. The zero-order chi connectivity index (χ0) is 15.1. The molecule has 2 heterocycles. The first kappa shape index (κ1) is 14.9. The van der Waals surface area contributed by atoms with Gasteiger partial charge in [-0.2, -0.15) is 0 Å². The predicted octanol–water partition coefficient (Wildman–Crippen LogP) is 4.16. The Morgan fingerprint density at radius 2 is 2.14 bits per heavy atom. The highest BCUT2D eigenvalue weighted by atomic mass is 35.5. The molecular weight excluding hydrogens is 282 g/mol. The molecule has 3 unspecified atom stereocenters. The van der Waals surface area contributed by atoms with Gasteiger partial charge in [0.05, 0.1) is 16.4 Å². The molecular formula is C17H24ClN3. The molecule has 1 aliphatic rings. The van der Waals surface area contributed by atoms with Gasteiger partial charge in [0.1, 0.15) is 5.82 Å². The van der Waals surface area contributed by atoms with Gasteiger partial charge in [0.2, 0.25) is 0 Å². The average Bonchev–Trinajstić information content (AvgIpc) is 2.77. The Bertz CT molecular complexity index is 647. The van der Waals surface area contributed by atoms with E-state index < -0.39 is 0 Å². The maximum Gasteiger partial charge on any atom is 0.127 e. The van der Waals surface area contributed by atoms with Gasteiger partial charge in [-0.05, 0) is 57.5 Å². The number of likely N-dealkylation sites (tertiary alicyclic amines) is 1. The zero-order valence-electron chi connectivity index (χ0n) is 13.3. The van der Waals surface area contributed by atoms with E-state index in [2.05, 4.69) is 48.6 Å². The van der Waals surface area contributed by atoms with Crippen molar-refractivity contribution in [1.29, 1.82) is 0 Å². The predicted molar refractivity (Wildman–Crippen MR) is 89.1 cm³/mol. The van der Waals surface area contributed by atoms with Crippen molar-refractivity contribution in [3.05, 3.63) is 29.6 Å². The molecule has 1 saturated heterocycles. The SMILES string of the molecule is Cc1ccc2c(c1)nc(C(C)Cl)n2C1CCN(C)CC1C. The maximum atomic E-state index is 6.42. The molecule has 0 spiro atoms. The second-order valence-electron chi connectivity index (χ2n) is 6.54. The van der Waals surface area contributed by atoms with Crippen LogP contribution in [0.1, 0.15) is 43.1 Å². The van der Waals surface area contributed by atoms with E-state index in [0.717, 1.165) is 30.9 Å². The molecule has 0 saturated carbocycles. The van der Waals surface area contributed by atoms with Crippen molar-refractivity contribution in [2.45, 2.75) is 38.6 Å². The lowest BCUT2D eigenvalue weighted by atomic mass is 9.93. The highest BCUT2D eigenvalue weighted by Crippen LogP contribution is 2.35. The Labute approximate surface area is 131 Å². The van der Waals surface area contributed by atoms with Gasteiger partial charge in [0.25, 0.3) is 0 Å². The molecule has 4 heteroatoms. The number of rotatable bonds is 2. The van der Waals surface area contributed by atoms with E-state index in [1.165, 1.54) is 11.1 Å². The van der Waals surface area contributed by atoms with Crippen molar-refractivity contribution in [2.24, 2.45) is 5.92 Å². The number of alkyl halides is 1. The fourth-order valence-electron chi connectivity index (χ4n) is 3.58. The minimum atomic E-state index is -0.0652. The monoisotopic (exact) mass is 305 g/mol. The molecule has 1 aromatic heterocycles. The third kappa shape index (κ3) is 2.69. The molecule has 0 amide bonds. The molecule has 0 N–H and O–H groups in total. The van der Waals surface area contributed by atoms with Crippen LogP contribution in [0.25, 0.3) is 11.0 Å². The van der Waals surface area contributed by atoms with Gasteiger partial charge < -0.3 is 9.47 Å². The van der Waals surface area contributed by atoms with Gasteiger partial charge in [0.15, 0.2) is 0 Å². The lowest BCUT2D eigenvalue weighted by Crippen LogP contribution is -2.38. The van der Waals surface area contributed by atoms with Gasteiger partial charge >= 0.3 is 0 Å². The lowest BCUT2D eigenvalue weighted by molar-refractivity contribution is 0.159. The molecule has 3 atom stereocenters. The molecule has 1 aliphatic heterocycles. The van der Waals surface area contributed by atoms with E-state index in [0.29, 0.717) is 12.0 Å². The minimum Gasteiger partial charge on any atom is -0.323 e. The maximum absolute atomic E-state index is 6.42. The Kier molecular flexibility index (Phi) is 3.98. The zero-order valence-corrected chi connectivity index (χ0v) is 14.1. The summed E-state index contributed by atoms with van der Waals surface area (Å²) in [6.45, 7) is 8.73. The van der Waals surface area contributed by atoms with Gasteiger partial charge in [-0.15, -0.1) is 11.6 Å². The smallest absolute Gasteiger partial charge is 0.127 e. The largest absolute Gasteiger partial charge is 0.323 e. The molecule has 114 valence electrons. The second-order valence-corrected chi connectivity index (χ2v) is 7.20. The number of nitrogens with zero attached hydrogens (tertiary/aromatic N) is 3. The van der Waals surface area contributed by atoms with E-state index in [1.54, 1.807) is 0 Å². The van der Waals surface area contributed by atoms with E-state index >= 15 is 0 Å². The van der Waals surface area contributed by atoms with Crippen LogP contribution in [-0.2, 0) is 0 Å². The first-order chi connectivity index (χ1) is 9.97. The summed E-state index contributed by atoms with van der Waals surface area (Å²) in [7, 11) is 2.20. The number of imidazole rings is 1. The second kappa shape index (κ2) is 5.62. The van der Waals surface area contributed by atoms with Crippen molar-refractivity contribution in [3.8, 4) is 0 Å². The van der Waals surface area contributed by atoms with Gasteiger partial charge in [-0.1, -0.05) is 13.0 Å². The summed E-state index contributed by atoms with van der Waals surface area (Å²) < 4.78 is 2.41. The molecule has 0 bridgehead atoms. The molecule has 3 nitrogen and oxygen atoms in total. The van der Waals surface area contributed by atoms with Crippen molar-refractivity contribution >= 4 is 22.6 Å². The van der Waals surface area contributed by atoms with Crippen LogP contribution in [-0.4, -0.2) is 34.6 Å². The summed E-state index contributed by atoms with van der Waals surface area (Å²) in [6.07, 6.45) is 1.16. The number of hydrogen-bond acceptors (Lipinski definition) is 2. The highest BCUT2D eigenvalue weighted by molar-refractivity contribution is 6.20. The van der Waals surface area contributed by atoms with Crippen LogP contribution in [0.2, 0.25) is 0 Å². The first-order valence-corrected chi connectivity index (χ1v) is 8.22. The van der Waals surface area contributed by atoms with Crippen LogP contribution in [0, 0.1) is 12.8 Å². The molecule has 1 fully saturated rings. The van der Waals surface area contributed by atoms with Crippen LogP contribution in [0.5, 0.6) is 0 Å². The summed E-state index contributed by atoms with van der Waals surface area (Å²) in [6, 6.07) is 7.02. The Morgan fingerprint density at radius 3 is 2.81 bits per heavy atom. The average molecular weight is 306 g/mol. The van der Waals surface area contributed by atoms with Crippen LogP contribution in [0.3, 0.4) is 0 Å². The Balaban J connectivity index is 2.13. The quantitative estimate of drug-likeness (QED) is 0.777. The molecule has 1 aromatic carbocycles. The Hall–Kier alpha value is -1.06. The van der Waals surface area contributed by atoms with Crippen molar-refractivity contribution in [2.75, 3.05) is 20.1 Å². The van der Waals surface area contributed by atoms with Crippen molar-refractivity contribution in [1.82, 2.24) is 14.5 Å². The normalized spacial score (nSPS) is 25.4. The van der Waals surface area contributed by atoms with E-state index in [1.807, 2.05) is 6.92 Å². The lowest BCUT2D eigenvalue weighted by Gasteiger charge is -2.36. The van der Waals surface area contributed by atoms with Gasteiger partial charge in [0, 0.05) is 12.6 Å². The number of aryl methyl sites for hydroxylation is 1. The molecule has 2 aromatic rings. The number of benzene rings is 1. The van der Waals surface area contributed by atoms with Gasteiger partial charge in [-0.3, -0.25) is 0 Å². The number of hydrogen-bond donors (Lipinski definition) is 0. The standard InChI is InChI=1S/C17H24ClN3/c1-11-5-6-16-14(9-11)19-17(13(3)18)21(16)15-7-8-20(4)10-12(15)2/h5-6,9,12-13,15H,7-8,10H2,1-4H3. The highest BCUT2D eigenvalue weighted by Gasteiger charge is 2.29. The third-order valence-corrected chi connectivity index (χ3v) is 4.82. The fourth-order valence-corrected chi connectivity index (χ4v) is 3.74. The summed E-state index contributed by atoms with van der Waals surface area (Å²) in [5.41, 5.74) is 3.55. The summed E-state index contributed by atoms with van der Waals surface area (Å²) in [5.74, 6) is 1.62. The third-order valence-electron chi connectivity index (χ3n) is 4.62. The van der Waals surface area contributed by atoms with Crippen molar-refractivity contribution < 1.29 is 0 Å². The summed E-state index contributed by atoms with van der Waals surface area (Å²) >= 11 is 6.42. The van der Waals surface area contributed by atoms with Gasteiger partial charge in [-0.25, -0.2) is 4.98 Å². The van der Waals surface area contributed by atoms with E-state index in [4.69, 9.17) is 16.6 Å². The van der Waals surface area contributed by atoms with Crippen LogP contribution in [0.15, 0.2) is 18.2 Å². The molecule has 3 rings (SSSR count). The number of piperidine rings is 1. The number of aromatic nitrogens is 2. The van der Waals surface area contributed by atoms with E-state index in [9.17, 15) is 0 Å². The topological polar surface area (TPSA) is 21.1 Å². The van der Waals surface area contributed by atoms with Crippen LogP contribution < -0.4 is 0 Å². The van der Waals surface area contributed by atoms with Crippen molar-refractivity contribution in [3.63, 3.8) is 0 Å². The minimum absolute atomic E-state index is 0.0652. The van der Waals surface area contributed by atoms with Crippen LogP contribution in [0.4, 0.5) is 0 Å².